The number of aryl methyl sites for hydroxylation is 1. The van der Waals surface area contributed by atoms with E-state index in [0.717, 1.165) is 11.1 Å². The minimum absolute atomic E-state index is 0.00575. The molecule has 1 atom stereocenters. The third-order valence-electron chi connectivity index (χ3n) is 5.73. The number of amides is 1. The molecule has 0 saturated heterocycles. The van der Waals surface area contributed by atoms with Crippen LogP contribution < -0.4 is 4.90 Å². The smallest absolute Gasteiger partial charge is 0.245 e. The van der Waals surface area contributed by atoms with Crippen LogP contribution in [0.15, 0.2) is 66.0 Å². The number of ketones is 1. The van der Waals surface area contributed by atoms with E-state index in [1.807, 2.05) is 36.4 Å². The summed E-state index contributed by atoms with van der Waals surface area (Å²) in [5.74, 6) is 0.242. The van der Waals surface area contributed by atoms with Crippen molar-refractivity contribution >= 4 is 17.5 Å². The second kappa shape index (κ2) is 6.03. The number of fused-ring (bicyclic) bond motifs is 1. The van der Waals surface area contributed by atoms with E-state index in [2.05, 4.69) is 9.94 Å². The molecular weight excluding hydrogens is 352 g/mol. The van der Waals surface area contributed by atoms with Crippen molar-refractivity contribution in [2.45, 2.75) is 19.3 Å². The van der Waals surface area contributed by atoms with Gasteiger partial charge in [0.05, 0.1) is 12.8 Å². The van der Waals surface area contributed by atoms with Crippen molar-refractivity contribution in [1.29, 1.82) is 0 Å². The summed E-state index contributed by atoms with van der Waals surface area (Å²) in [5.41, 5.74) is -0.655. The Labute approximate surface area is 163 Å². The summed E-state index contributed by atoms with van der Waals surface area (Å²) < 4.78 is 1.65. The van der Waals surface area contributed by atoms with E-state index in [9.17, 15) is 9.59 Å². The van der Waals surface area contributed by atoms with E-state index in [0.29, 0.717) is 12.4 Å². The van der Waals surface area contributed by atoms with Crippen molar-refractivity contribution in [3.05, 3.63) is 83.0 Å². The van der Waals surface area contributed by atoms with Crippen LogP contribution in [0.4, 0.5) is 5.82 Å². The SMILES string of the molecule is [C-]#[N+]C1=C[C@]2(c3ccccc3)C(=O)N(c3ccnn3C)CC=C2C(C)(C)C1=O. The van der Waals surface area contributed by atoms with Crippen LogP contribution in [-0.2, 0) is 22.1 Å². The Kier molecular flexibility index (Phi) is 3.86. The Hall–Kier alpha value is -3.46. The van der Waals surface area contributed by atoms with Crippen molar-refractivity contribution in [3.8, 4) is 0 Å². The molecule has 140 valence electrons. The minimum atomic E-state index is -1.19. The lowest BCUT2D eigenvalue weighted by Gasteiger charge is -2.48. The zero-order valence-corrected chi connectivity index (χ0v) is 16.0. The summed E-state index contributed by atoms with van der Waals surface area (Å²) in [6, 6.07) is 11.2. The molecule has 2 aromatic rings. The van der Waals surface area contributed by atoms with Crippen LogP contribution >= 0.6 is 0 Å². The molecule has 2 aliphatic rings. The second-order valence-electron chi connectivity index (χ2n) is 7.62. The number of nitrogens with zero attached hydrogens (tertiary/aromatic N) is 4. The molecule has 6 nitrogen and oxygen atoms in total. The third-order valence-corrected chi connectivity index (χ3v) is 5.73. The van der Waals surface area contributed by atoms with Crippen molar-refractivity contribution in [3.63, 3.8) is 0 Å². The van der Waals surface area contributed by atoms with Gasteiger partial charge >= 0.3 is 0 Å². The van der Waals surface area contributed by atoms with Gasteiger partial charge in [0, 0.05) is 25.1 Å². The van der Waals surface area contributed by atoms with Crippen LogP contribution in [0.1, 0.15) is 19.4 Å². The van der Waals surface area contributed by atoms with E-state index < -0.39 is 10.8 Å². The largest absolute Gasteiger partial charge is 0.307 e. The van der Waals surface area contributed by atoms with Crippen LogP contribution in [-0.4, -0.2) is 28.0 Å². The third kappa shape index (κ3) is 2.23. The van der Waals surface area contributed by atoms with E-state index >= 15 is 0 Å². The first-order valence-electron chi connectivity index (χ1n) is 9.05. The number of hydrogen-bond donors (Lipinski definition) is 0. The van der Waals surface area contributed by atoms with Gasteiger partial charge in [0.25, 0.3) is 0 Å². The number of carbonyl (C=O) groups is 2. The molecule has 0 N–H and O–H groups in total. The van der Waals surface area contributed by atoms with E-state index in [-0.39, 0.29) is 17.4 Å². The van der Waals surface area contributed by atoms with Crippen LogP contribution in [0.3, 0.4) is 0 Å². The van der Waals surface area contributed by atoms with Gasteiger partial charge in [-0.05, 0) is 11.1 Å². The predicted octanol–water partition coefficient (Wildman–Crippen LogP) is 3.04. The molecule has 0 unspecified atom stereocenters. The number of benzene rings is 1. The highest BCUT2D eigenvalue weighted by molar-refractivity contribution is 6.14. The lowest BCUT2D eigenvalue weighted by molar-refractivity contribution is -0.125. The molecule has 0 radical (unpaired) electrons. The number of hydrogen-bond acceptors (Lipinski definition) is 3. The van der Waals surface area contributed by atoms with Gasteiger partial charge < -0.3 is 4.79 Å². The molecule has 1 aliphatic carbocycles. The zero-order valence-electron chi connectivity index (χ0n) is 16.0. The van der Waals surface area contributed by atoms with Gasteiger partial charge in [-0.25, -0.2) is 4.85 Å². The number of aromatic nitrogens is 2. The number of rotatable bonds is 2. The van der Waals surface area contributed by atoms with Crippen LogP contribution in [0, 0.1) is 12.0 Å². The summed E-state index contributed by atoms with van der Waals surface area (Å²) in [4.78, 5) is 32.0. The molecule has 0 spiro atoms. The summed E-state index contributed by atoms with van der Waals surface area (Å²) in [6.07, 6.45) is 5.15. The van der Waals surface area contributed by atoms with Crippen molar-refractivity contribution in [2.75, 3.05) is 11.4 Å². The highest BCUT2D eigenvalue weighted by atomic mass is 16.2. The summed E-state index contributed by atoms with van der Waals surface area (Å²) in [5, 5.41) is 4.18. The molecule has 1 aromatic carbocycles. The van der Waals surface area contributed by atoms with E-state index in [4.69, 9.17) is 6.57 Å². The fourth-order valence-corrected chi connectivity index (χ4v) is 4.33. The molecule has 0 saturated carbocycles. The Morgan fingerprint density at radius 3 is 2.46 bits per heavy atom. The monoisotopic (exact) mass is 372 g/mol. The fraction of sp³-hybridized carbons (Fsp3) is 0.273. The number of carbonyl (C=O) groups excluding carboxylic acids is 2. The lowest BCUT2D eigenvalue weighted by atomic mass is 9.57. The molecule has 1 amide bonds. The van der Waals surface area contributed by atoms with E-state index in [1.165, 1.54) is 0 Å². The Balaban J connectivity index is 2.05. The molecule has 6 heteroatoms. The summed E-state index contributed by atoms with van der Waals surface area (Å²) >= 11 is 0. The molecule has 1 aromatic heterocycles. The lowest BCUT2D eigenvalue weighted by Crippen LogP contribution is -2.57. The zero-order chi connectivity index (χ0) is 20.1. The number of allylic oxidation sites excluding steroid dienone is 1. The standard InChI is InChI=1S/C22H20N4O2/c1-21(2)17-11-13-26(18-10-12-24-25(18)4)20(28)22(17,14-16(23-3)19(21)27)15-8-6-5-7-9-15/h5-12,14H,13H2,1-2,4H3/t22-/m1/s1. The highest BCUT2D eigenvalue weighted by Gasteiger charge is 2.57. The van der Waals surface area contributed by atoms with E-state index in [1.54, 1.807) is 48.8 Å². The average molecular weight is 372 g/mol. The molecule has 0 fully saturated rings. The maximum absolute atomic E-state index is 14.0. The maximum atomic E-state index is 14.0. The van der Waals surface area contributed by atoms with Gasteiger partial charge in [-0.2, -0.15) is 5.10 Å². The first kappa shape index (κ1) is 17.9. The Morgan fingerprint density at radius 2 is 1.86 bits per heavy atom. The molecular formula is C22H20N4O2. The van der Waals surface area contributed by atoms with Gasteiger partial charge in [-0.1, -0.05) is 56.3 Å². The normalized spacial score (nSPS) is 23.6. The first-order valence-corrected chi connectivity index (χ1v) is 9.05. The molecule has 0 bridgehead atoms. The first-order chi connectivity index (χ1) is 13.3. The number of anilines is 1. The topological polar surface area (TPSA) is 59.6 Å². The second-order valence-corrected chi connectivity index (χ2v) is 7.62. The minimum Gasteiger partial charge on any atom is -0.307 e. The predicted molar refractivity (Wildman–Crippen MR) is 105 cm³/mol. The fourth-order valence-electron chi connectivity index (χ4n) is 4.33. The molecule has 28 heavy (non-hydrogen) atoms. The van der Waals surface area contributed by atoms with Gasteiger partial charge in [0.2, 0.25) is 11.6 Å². The highest BCUT2D eigenvalue weighted by Crippen LogP contribution is 2.52. The molecule has 2 heterocycles. The molecule has 1 aliphatic heterocycles. The summed E-state index contributed by atoms with van der Waals surface area (Å²) in [6.45, 7) is 11.5. The average Bonchev–Trinajstić information content (AvgIpc) is 3.12. The Bertz CT molecular complexity index is 1090. The van der Waals surface area contributed by atoms with Gasteiger partial charge in [0.1, 0.15) is 11.2 Å². The maximum Gasteiger partial charge on any atom is 0.245 e. The molecule has 4 rings (SSSR count). The van der Waals surface area contributed by atoms with Crippen molar-refractivity contribution in [2.24, 2.45) is 12.5 Å². The Morgan fingerprint density at radius 1 is 1.14 bits per heavy atom. The van der Waals surface area contributed by atoms with Gasteiger partial charge in [-0.15, -0.1) is 0 Å². The van der Waals surface area contributed by atoms with Gasteiger partial charge in [0.15, 0.2) is 5.78 Å². The van der Waals surface area contributed by atoms with Crippen LogP contribution in [0.25, 0.3) is 4.85 Å². The summed E-state index contributed by atoms with van der Waals surface area (Å²) in [7, 11) is 1.78. The number of Topliss-reactive ketones (excluding diaryl/α,β-unsaturated/α-hetero) is 1. The van der Waals surface area contributed by atoms with Crippen LogP contribution in [0.2, 0.25) is 0 Å². The van der Waals surface area contributed by atoms with Gasteiger partial charge in [-0.3, -0.25) is 14.4 Å². The van der Waals surface area contributed by atoms with Crippen LogP contribution in [0.5, 0.6) is 0 Å². The van der Waals surface area contributed by atoms with Crippen molar-refractivity contribution < 1.29 is 9.59 Å². The quantitative estimate of drug-likeness (QED) is 0.601. The van der Waals surface area contributed by atoms with Crippen molar-refractivity contribution in [1.82, 2.24) is 9.78 Å².